The Balaban J connectivity index is 4.44. The minimum absolute atomic E-state index is 0.106. The Morgan fingerprint density at radius 3 is 1.27 bits per heavy atom. The average molecular weight is 821 g/mol. The predicted molar refractivity (Wildman–Crippen MR) is 251 cm³/mol. The van der Waals surface area contributed by atoms with Crippen LogP contribution in [0.3, 0.4) is 0 Å². The number of hydrogen-bond acceptors (Lipinski definition) is 6. The Bertz CT molecular complexity index is 1170. The molecule has 59 heavy (non-hydrogen) atoms. The van der Waals surface area contributed by atoms with Gasteiger partial charge in [-0.2, -0.15) is 0 Å². The molecule has 0 N–H and O–H groups in total. The Morgan fingerprint density at radius 1 is 0.373 bits per heavy atom. The largest absolute Gasteiger partial charge is 0.462 e. The van der Waals surface area contributed by atoms with Crippen molar-refractivity contribution >= 4 is 17.9 Å². The molecule has 0 amide bonds. The standard InChI is InChI=1S/C53H88O6/c1-4-7-10-13-16-19-21-23-25-26-27-28-30-31-34-37-40-43-46-52(55)58-49-50(48-57-51(54)45-42-39-36-33-18-15-12-9-6-3)59-53(56)47-44-41-38-35-32-29-24-22-20-17-14-11-8-5-2/h8,11,17,20-21,23-29,33,36,50H,4-7,9-10,12-16,18-19,22,30-32,34-35,37-49H2,1-3H3/b11-8-,20-17-,23-21-,26-25-,28-27-,29-24-,36-33-. The second-order valence-corrected chi connectivity index (χ2v) is 15.7. The summed E-state index contributed by atoms with van der Waals surface area (Å²) >= 11 is 0. The topological polar surface area (TPSA) is 78.9 Å². The maximum absolute atomic E-state index is 12.7. The van der Waals surface area contributed by atoms with E-state index >= 15 is 0 Å². The van der Waals surface area contributed by atoms with Crippen molar-refractivity contribution in [1.29, 1.82) is 0 Å². The molecule has 0 radical (unpaired) electrons. The molecule has 0 aliphatic heterocycles. The van der Waals surface area contributed by atoms with E-state index in [1.54, 1.807) is 0 Å². The minimum Gasteiger partial charge on any atom is -0.462 e. The fraction of sp³-hybridized carbons (Fsp3) is 0.679. The van der Waals surface area contributed by atoms with E-state index in [0.717, 1.165) is 109 Å². The normalized spacial score (nSPS) is 12.8. The molecule has 0 aliphatic carbocycles. The number of unbranched alkanes of at least 4 members (excludes halogenated alkanes) is 19. The van der Waals surface area contributed by atoms with Gasteiger partial charge in [-0.05, 0) is 96.3 Å². The van der Waals surface area contributed by atoms with Crippen LogP contribution in [-0.2, 0) is 28.6 Å². The summed E-state index contributed by atoms with van der Waals surface area (Å²) in [6.07, 6.45) is 60.0. The van der Waals surface area contributed by atoms with Gasteiger partial charge in [-0.25, -0.2) is 0 Å². The number of ether oxygens (including phenoxy) is 3. The molecule has 0 aliphatic rings. The highest BCUT2D eigenvalue weighted by atomic mass is 16.6. The first kappa shape index (κ1) is 55.6. The number of carbonyl (C=O) groups is 3. The summed E-state index contributed by atoms with van der Waals surface area (Å²) in [6.45, 7) is 6.39. The second-order valence-electron chi connectivity index (χ2n) is 15.7. The lowest BCUT2D eigenvalue weighted by Crippen LogP contribution is -2.30. The average Bonchev–Trinajstić information content (AvgIpc) is 3.23. The fourth-order valence-corrected chi connectivity index (χ4v) is 6.28. The summed E-state index contributed by atoms with van der Waals surface area (Å²) in [5.41, 5.74) is 0. The summed E-state index contributed by atoms with van der Waals surface area (Å²) in [7, 11) is 0. The van der Waals surface area contributed by atoms with Crippen molar-refractivity contribution in [3.8, 4) is 0 Å². The zero-order valence-corrected chi connectivity index (χ0v) is 38.2. The first-order valence-corrected chi connectivity index (χ1v) is 24.1. The Labute approximate surface area is 363 Å². The van der Waals surface area contributed by atoms with Crippen LogP contribution in [0.4, 0.5) is 0 Å². The molecule has 0 bridgehead atoms. The number of carbonyl (C=O) groups excluding carboxylic acids is 3. The predicted octanol–water partition coefficient (Wildman–Crippen LogP) is 15.6. The molecule has 0 spiro atoms. The summed E-state index contributed by atoms with van der Waals surface area (Å²) < 4.78 is 16.7. The number of hydrogen-bond donors (Lipinski definition) is 0. The van der Waals surface area contributed by atoms with E-state index in [2.05, 4.69) is 106 Å². The Hall–Kier alpha value is -3.41. The number of rotatable bonds is 42. The Morgan fingerprint density at radius 2 is 0.746 bits per heavy atom. The van der Waals surface area contributed by atoms with Gasteiger partial charge in [0.2, 0.25) is 0 Å². The van der Waals surface area contributed by atoms with Crippen molar-refractivity contribution in [3.63, 3.8) is 0 Å². The summed E-state index contributed by atoms with van der Waals surface area (Å²) in [6, 6.07) is 0. The lowest BCUT2D eigenvalue weighted by atomic mass is 10.1. The molecular weight excluding hydrogens is 733 g/mol. The monoisotopic (exact) mass is 821 g/mol. The third-order valence-electron chi connectivity index (χ3n) is 9.91. The molecule has 336 valence electrons. The van der Waals surface area contributed by atoms with E-state index < -0.39 is 6.10 Å². The van der Waals surface area contributed by atoms with Gasteiger partial charge in [-0.1, -0.05) is 183 Å². The van der Waals surface area contributed by atoms with Crippen LogP contribution in [-0.4, -0.2) is 37.2 Å². The molecule has 0 rings (SSSR count). The number of allylic oxidation sites excluding steroid dienone is 14. The minimum atomic E-state index is -0.806. The van der Waals surface area contributed by atoms with E-state index in [0.29, 0.717) is 25.7 Å². The smallest absolute Gasteiger partial charge is 0.306 e. The van der Waals surface area contributed by atoms with Crippen molar-refractivity contribution < 1.29 is 28.6 Å². The van der Waals surface area contributed by atoms with Crippen LogP contribution < -0.4 is 0 Å². The van der Waals surface area contributed by atoms with Crippen LogP contribution in [0.2, 0.25) is 0 Å². The molecule has 0 saturated heterocycles. The van der Waals surface area contributed by atoms with Gasteiger partial charge < -0.3 is 14.2 Å². The molecule has 0 aromatic heterocycles. The van der Waals surface area contributed by atoms with E-state index in [1.807, 2.05) is 0 Å². The zero-order chi connectivity index (χ0) is 43.0. The quantitative estimate of drug-likeness (QED) is 0.0201. The summed E-state index contributed by atoms with van der Waals surface area (Å²) in [4.78, 5) is 37.8. The van der Waals surface area contributed by atoms with E-state index in [9.17, 15) is 14.4 Å². The highest BCUT2D eigenvalue weighted by molar-refractivity contribution is 5.71. The molecule has 6 heteroatoms. The summed E-state index contributed by atoms with van der Waals surface area (Å²) in [5.74, 6) is -0.989. The van der Waals surface area contributed by atoms with Crippen LogP contribution in [0.5, 0.6) is 0 Å². The molecule has 0 fully saturated rings. The van der Waals surface area contributed by atoms with Crippen LogP contribution >= 0.6 is 0 Å². The maximum atomic E-state index is 12.7. The van der Waals surface area contributed by atoms with Crippen molar-refractivity contribution in [2.75, 3.05) is 13.2 Å². The lowest BCUT2D eigenvalue weighted by molar-refractivity contribution is -0.167. The molecule has 0 aromatic rings. The van der Waals surface area contributed by atoms with Crippen molar-refractivity contribution in [3.05, 3.63) is 85.1 Å². The van der Waals surface area contributed by atoms with Gasteiger partial charge in [0.05, 0.1) is 0 Å². The second kappa shape index (κ2) is 47.3. The highest BCUT2D eigenvalue weighted by Crippen LogP contribution is 2.12. The van der Waals surface area contributed by atoms with Crippen LogP contribution in [0, 0.1) is 0 Å². The molecule has 0 heterocycles. The molecule has 0 saturated carbocycles. The van der Waals surface area contributed by atoms with Crippen LogP contribution in [0.1, 0.15) is 213 Å². The van der Waals surface area contributed by atoms with Crippen LogP contribution in [0.25, 0.3) is 0 Å². The molecular formula is C53H88O6. The molecule has 6 nitrogen and oxygen atoms in total. The van der Waals surface area contributed by atoms with Crippen LogP contribution in [0.15, 0.2) is 85.1 Å². The first-order chi connectivity index (χ1) is 29.0. The molecule has 1 atom stereocenters. The summed E-state index contributed by atoms with van der Waals surface area (Å²) in [5, 5.41) is 0. The lowest BCUT2D eigenvalue weighted by Gasteiger charge is -2.18. The van der Waals surface area contributed by atoms with Gasteiger partial charge in [-0.15, -0.1) is 0 Å². The SMILES string of the molecule is CC/C=C\C/C=C\C/C=C\CCCCCCC(=O)OC(COC(=O)CCC/C=C\CCCCCC)COC(=O)CCCCCCC\C=C/C=C\C=C/CCCCCCC. The van der Waals surface area contributed by atoms with Crippen molar-refractivity contribution in [2.45, 2.75) is 219 Å². The van der Waals surface area contributed by atoms with Gasteiger partial charge >= 0.3 is 17.9 Å². The maximum Gasteiger partial charge on any atom is 0.306 e. The van der Waals surface area contributed by atoms with Gasteiger partial charge in [0.25, 0.3) is 0 Å². The van der Waals surface area contributed by atoms with Gasteiger partial charge in [0, 0.05) is 19.3 Å². The fourth-order valence-electron chi connectivity index (χ4n) is 6.28. The van der Waals surface area contributed by atoms with Gasteiger partial charge in [0.1, 0.15) is 13.2 Å². The Kier molecular flexibility index (Phi) is 44.5. The van der Waals surface area contributed by atoms with E-state index in [1.165, 1.54) is 57.8 Å². The van der Waals surface area contributed by atoms with E-state index in [4.69, 9.17) is 14.2 Å². The van der Waals surface area contributed by atoms with E-state index in [-0.39, 0.29) is 31.1 Å². The highest BCUT2D eigenvalue weighted by Gasteiger charge is 2.19. The third kappa shape index (κ3) is 45.5. The van der Waals surface area contributed by atoms with Crippen molar-refractivity contribution in [2.24, 2.45) is 0 Å². The molecule has 1 unspecified atom stereocenters. The molecule has 0 aromatic carbocycles. The van der Waals surface area contributed by atoms with Gasteiger partial charge in [0.15, 0.2) is 6.10 Å². The zero-order valence-electron chi connectivity index (χ0n) is 38.2. The van der Waals surface area contributed by atoms with Gasteiger partial charge in [-0.3, -0.25) is 14.4 Å². The number of esters is 3. The third-order valence-corrected chi connectivity index (χ3v) is 9.91. The van der Waals surface area contributed by atoms with Crippen molar-refractivity contribution in [1.82, 2.24) is 0 Å². The first-order valence-electron chi connectivity index (χ1n) is 24.1.